The molecule has 1 unspecified atom stereocenters. The predicted molar refractivity (Wildman–Crippen MR) is 62.7 cm³/mol. The number of hydrogen-bond donors (Lipinski definition) is 2. The number of aromatic amines is 1. The van der Waals surface area contributed by atoms with Crippen molar-refractivity contribution in [3.05, 3.63) is 24.0 Å². The van der Waals surface area contributed by atoms with Gasteiger partial charge in [-0.3, -0.25) is 4.79 Å². The largest absolute Gasteiger partial charge is 0.363 e. The van der Waals surface area contributed by atoms with Crippen LogP contribution in [0.5, 0.6) is 0 Å². The summed E-state index contributed by atoms with van der Waals surface area (Å²) >= 11 is 0. The molecule has 0 aliphatic carbocycles. The molecule has 16 heavy (non-hydrogen) atoms. The monoisotopic (exact) mass is 221 g/mol. The highest BCUT2D eigenvalue weighted by Gasteiger charge is 2.36. The molecule has 2 rings (SSSR count). The van der Waals surface area contributed by atoms with Crippen LogP contribution >= 0.6 is 0 Å². The Labute approximate surface area is 95.8 Å². The van der Waals surface area contributed by atoms with Crippen molar-refractivity contribution in [3.63, 3.8) is 0 Å². The zero-order chi connectivity index (χ0) is 11.8. The van der Waals surface area contributed by atoms with Crippen molar-refractivity contribution < 1.29 is 4.79 Å². The smallest absolute Gasteiger partial charge is 0.242 e. The molecule has 4 nitrogen and oxygen atoms in total. The van der Waals surface area contributed by atoms with Gasteiger partial charge in [0.25, 0.3) is 0 Å². The second kappa shape index (κ2) is 3.94. The number of likely N-dealkylation sites (tertiary alicyclic amines) is 1. The number of amides is 1. The van der Waals surface area contributed by atoms with Gasteiger partial charge in [-0.25, -0.2) is 0 Å². The van der Waals surface area contributed by atoms with Crippen molar-refractivity contribution in [2.45, 2.75) is 38.3 Å². The minimum atomic E-state index is -0.783. The first-order chi connectivity index (χ1) is 7.50. The molecule has 0 saturated carbocycles. The molecule has 1 atom stereocenters. The lowest BCUT2D eigenvalue weighted by molar-refractivity contribution is -0.136. The standard InChI is InChI=1S/C12H19N3O/c1-12(2,13)11(16)15-8-4-6-10(15)9-5-3-7-14-9/h3,5,7,10,14H,4,6,8,13H2,1-2H3. The lowest BCUT2D eigenvalue weighted by Gasteiger charge is -2.30. The summed E-state index contributed by atoms with van der Waals surface area (Å²) in [4.78, 5) is 17.2. The molecule has 1 aromatic heterocycles. The molecule has 0 aromatic carbocycles. The van der Waals surface area contributed by atoms with Crippen LogP contribution in [0.15, 0.2) is 18.3 Å². The van der Waals surface area contributed by atoms with Crippen LogP contribution in [-0.4, -0.2) is 27.9 Å². The number of nitrogens with two attached hydrogens (primary N) is 1. The van der Waals surface area contributed by atoms with Crippen LogP contribution < -0.4 is 5.73 Å². The van der Waals surface area contributed by atoms with E-state index in [0.717, 1.165) is 25.1 Å². The zero-order valence-electron chi connectivity index (χ0n) is 9.86. The molecule has 0 bridgehead atoms. The summed E-state index contributed by atoms with van der Waals surface area (Å²) in [6.07, 6.45) is 3.96. The number of nitrogens with zero attached hydrogens (tertiary/aromatic N) is 1. The Morgan fingerprint density at radius 2 is 2.38 bits per heavy atom. The second-order valence-corrected chi connectivity index (χ2v) is 5.00. The predicted octanol–water partition coefficient (Wildman–Crippen LogP) is 1.42. The molecule has 1 aliphatic heterocycles. The molecule has 1 fully saturated rings. The van der Waals surface area contributed by atoms with Crippen molar-refractivity contribution >= 4 is 5.91 Å². The van der Waals surface area contributed by atoms with E-state index in [4.69, 9.17) is 5.73 Å². The third kappa shape index (κ3) is 1.97. The van der Waals surface area contributed by atoms with E-state index in [1.165, 1.54) is 0 Å². The van der Waals surface area contributed by atoms with Gasteiger partial charge in [0.05, 0.1) is 11.6 Å². The fraction of sp³-hybridized carbons (Fsp3) is 0.583. The Morgan fingerprint density at radius 3 is 2.94 bits per heavy atom. The molecule has 1 aromatic rings. The maximum Gasteiger partial charge on any atom is 0.242 e. The van der Waals surface area contributed by atoms with Crippen LogP contribution in [-0.2, 0) is 4.79 Å². The van der Waals surface area contributed by atoms with Crippen molar-refractivity contribution in [1.29, 1.82) is 0 Å². The third-order valence-electron chi connectivity index (χ3n) is 3.05. The highest BCUT2D eigenvalue weighted by Crippen LogP contribution is 2.32. The van der Waals surface area contributed by atoms with Crippen LogP contribution in [0.1, 0.15) is 38.4 Å². The quantitative estimate of drug-likeness (QED) is 0.793. The van der Waals surface area contributed by atoms with E-state index in [0.29, 0.717) is 0 Å². The fourth-order valence-electron chi connectivity index (χ4n) is 2.25. The maximum absolute atomic E-state index is 12.2. The summed E-state index contributed by atoms with van der Waals surface area (Å²) in [5.74, 6) is 0.0320. The molecule has 2 heterocycles. The van der Waals surface area contributed by atoms with Crippen LogP contribution in [0, 0.1) is 0 Å². The summed E-state index contributed by atoms with van der Waals surface area (Å²) in [7, 11) is 0. The van der Waals surface area contributed by atoms with Gasteiger partial charge in [0, 0.05) is 18.4 Å². The van der Waals surface area contributed by atoms with E-state index < -0.39 is 5.54 Å². The van der Waals surface area contributed by atoms with Gasteiger partial charge in [0.1, 0.15) is 0 Å². The summed E-state index contributed by atoms with van der Waals surface area (Å²) in [6, 6.07) is 4.16. The maximum atomic E-state index is 12.2. The van der Waals surface area contributed by atoms with Gasteiger partial charge < -0.3 is 15.6 Å². The van der Waals surface area contributed by atoms with Gasteiger partial charge in [0.15, 0.2) is 0 Å². The van der Waals surface area contributed by atoms with Crippen molar-refractivity contribution in [3.8, 4) is 0 Å². The average molecular weight is 221 g/mol. The SMILES string of the molecule is CC(C)(N)C(=O)N1CCCC1c1ccc[nH]1. The lowest BCUT2D eigenvalue weighted by Crippen LogP contribution is -2.50. The van der Waals surface area contributed by atoms with Gasteiger partial charge in [-0.05, 0) is 38.8 Å². The van der Waals surface area contributed by atoms with E-state index in [-0.39, 0.29) is 11.9 Å². The molecular formula is C12H19N3O. The normalized spacial score (nSPS) is 21.4. The minimum Gasteiger partial charge on any atom is -0.363 e. The lowest BCUT2D eigenvalue weighted by atomic mass is 10.0. The molecule has 0 spiro atoms. The Hall–Kier alpha value is -1.29. The Bertz CT molecular complexity index is 364. The number of carbonyl (C=O) groups is 1. The molecule has 0 radical (unpaired) electrons. The first kappa shape index (κ1) is 11.2. The van der Waals surface area contributed by atoms with Crippen molar-refractivity contribution in [1.82, 2.24) is 9.88 Å². The Kier molecular flexibility index (Phi) is 2.76. The number of carbonyl (C=O) groups excluding carboxylic acids is 1. The van der Waals surface area contributed by atoms with Crippen LogP contribution in [0.4, 0.5) is 0 Å². The Balaban J connectivity index is 2.19. The molecule has 1 saturated heterocycles. The number of nitrogens with one attached hydrogen (secondary N) is 1. The average Bonchev–Trinajstić information content (AvgIpc) is 2.85. The van der Waals surface area contributed by atoms with Gasteiger partial charge in [-0.2, -0.15) is 0 Å². The Morgan fingerprint density at radius 1 is 1.62 bits per heavy atom. The van der Waals surface area contributed by atoms with Gasteiger partial charge in [0.2, 0.25) is 5.91 Å². The minimum absolute atomic E-state index is 0.0320. The number of hydrogen-bond acceptors (Lipinski definition) is 2. The molecule has 1 aliphatic rings. The van der Waals surface area contributed by atoms with Gasteiger partial charge >= 0.3 is 0 Å². The van der Waals surface area contributed by atoms with Gasteiger partial charge in [-0.1, -0.05) is 0 Å². The summed E-state index contributed by atoms with van der Waals surface area (Å²) in [5.41, 5.74) is 6.20. The molecule has 88 valence electrons. The van der Waals surface area contributed by atoms with E-state index in [1.807, 2.05) is 23.2 Å². The van der Waals surface area contributed by atoms with Crippen molar-refractivity contribution in [2.24, 2.45) is 5.73 Å². The number of H-pyrrole nitrogens is 1. The summed E-state index contributed by atoms with van der Waals surface area (Å²) in [6.45, 7) is 4.34. The molecular weight excluding hydrogens is 202 g/mol. The van der Waals surface area contributed by atoms with Crippen LogP contribution in [0.25, 0.3) is 0 Å². The first-order valence-electron chi connectivity index (χ1n) is 5.73. The first-order valence-corrected chi connectivity index (χ1v) is 5.73. The van der Waals surface area contributed by atoms with Crippen molar-refractivity contribution in [2.75, 3.05) is 6.54 Å². The van der Waals surface area contributed by atoms with E-state index >= 15 is 0 Å². The molecule has 4 heteroatoms. The number of rotatable bonds is 2. The van der Waals surface area contributed by atoms with E-state index in [9.17, 15) is 4.79 Å². The second-order valence-electron chi connectivity index (χ2n) is 5.00. The van der Waals surface area contributed by atoms with Crippen LogP contribution in [0.2, 0.25) is 0 Å². The topological polar surface area (TPSA) is 62.1 Å². The van der Waals surface area contributed by atoms with Gasteiger partial charge in [-0.15, -0.1) is 0 Å². The van der Waals surface area contributed by atoms with Crippen LogP contribution in [0.3, 0.4) is 0 Å². The fourth-order valence-corrected chi connectivity index (χ4v) is 2.25. The highest BCUT2D eigenvalue weighted by atomic mass is 16.2. The summed E-state index contributed by atoms with van der Waals surface area (Å²) < 4.78 is 0. The number of aromatic nitrogens is 1. The molecule has 3 N–H and O–H groups in total. The highest BCUT2D eigenvalue weighted by molar-refractivity contribution is 5.85. The zero-order valence-corrected chi connectivity index (χ0v) is 9.86. The van der Waals surface area contributed by atoms with E-state index in [2.05, 4.69) is 4.98 Å². The molecule has 1 amide bonds. The third-order valence-corrected chi connectivity index (χ3v) is 3.05. The van der Waals surface area contributed by atoms with E-state index in [1.54, 1.807) is 13.8 Å². The summed E-state index contributed by atoms with van der Waals surface area (Å²) in [5, 5.41) is 0.